The number of hydrogen-bond donors (Lipinski definition) is 0. The molecule has 5 nitrogen and oxygen atoms in total. The van der Waals surface area contributed by atoms with Crippen molar-refractivity contribution >= 4 is 46.3 Å². The average Bonchev–Trinajstić information content (AvgIpc) is 2.75. The SMILES string of the molecule is COc1cccc(C=C2SC(=S)N(C(C(=O)[O-])C(C)C)C2=O)c1. The Morgan fingerprint density at radius 3 is 2.70 bits per heavy atom. The molecule has 122 valence electrons. The molecule has 23 heavy (non-hydrogen) atoms. The number of benzene rings is 1. The summed E-state index contributed by atoms with van der Waals surface area (Å²) >= 11 is 6.28. The number of thioether (sulfide) groups is 1. The van der Waals surface area contributed by atoms with Crippen LogP contribution in [0.3, 0.4) is 0 Å². The summed E-state index contributed by atoms with van der Waals surface area (Å²) in [5.74, 6) is -1.35. The van der Waals surface area contributed by atoms with Crippen molar-refractivity contribution in [3.05, 3.63) is 34.7 Å². The van der Waals surface area contributed by atoms with E-state index in [-0.39, 0.29) is 10.2 Å². The van der Waals surface area contributed by atoms with Crippen molar-refractivity contribution in [3.8, 4) is 5.75 Å². The predicted octanol–water partition coefficient (Wildman–Crippen LogP) is 1.67. The lowest BCUT2D eigenvalue weighted by molar-refractivity contribution is -0.311. The number of thiocarbonyl (C=S) groups is 1. The van der Waals surface area contributed by atoms with Crippen molar-refractivity contribution in [1.29, 1.82) is 0 Å². The van der Waals surface area contributed by atoms with Gasteiger partial charge in [-0.25, -0.2) is 0 Å². The van der Waals surface area contributed by atoms with Gasteiger partial charge in [0.15, 0.2) is 0 Å². The first kappa shape index (κ1) is 17.5. The summed E-state index contributed by atoms with van der Waals surface area (Å²) in [6, 6.07) is 6.15. The summed E-state index contributed by atoms with van der Waals surface area (Å²) in [5.41, 5.74) is 0.777. The molecule has 1 heterocycles. The minimum absolute atomic E-state index is 0.229. The number of ether oxygens (including phenoxy) is 1. The van der Waals surface area contributed by atoms with Gasteiger partial charge in [0, 0.05) is 0 Å². The molecule has 1 unspecified atom stereocenters. The number of amides is 1. The molecule has 1 fully saturated rings. The summed E-state index contributed by atoms with van der Waals surface area (Å²) in [6.45, 7) is 3.43. The summed E-state index contributed by atoms with van der Waals surface area (Å²) < 4.78 is 5.38. The highest BCUT2D eigenvalue weighted by Crippen LogP contribution is 2.35. The number of rotatable bonds is 5. The molecule has 1 atom stereocenters. The van der Waals surface area contributed by atoms with Crippen molar-refractivity contribution in [1.82, 2.24) is 4.90 Å². The monoisotopic (exact) mass is 350 g/mol. The number of carboxylic acid groups (broad SMARTS) is 1. The fraction of sp³-hybridized carbons (Fsp3) is 0.312. The number of carbonyl (C=O) groups is 2. The molecule has 1 aromatic carbocycles. The largest absolute Gasteiger partial charge is 0.548 e. The van der Waals surface area contributed by atoms with Gasteiger partial charge < -0.3 is 14.6 Å². The standard InChI is InChI=1S/C16H17NO4S2/c1-9(2)13(15(19)20)17-14(18)12(23-16(17)22)8-10-5-4-6-11(7-10)21-3/h4-9,13H,1-3H3,(H,19,20)/p-1. The lowest BCUT2D eigenvalue weighted by Crippen LogP contribution is -2.52. The van der Waals surface area contributed by atoms with Gasteiger partial charge in [0.2, 0.25) is 0 Å². The van der Waals surface area contributed by atoms with E-state index in [0.29, 0.717) is 10.7 Å². The smallest absolute Gasteiger partial charge is 0.266 e. The Balaban J connectivity index is 2.33. The Labute approximate surface area is 144 Å². The summed E-state index contributed by atoms with van der Waals surface area (Å²) in [6.07, 6.45) is 1.68. The minimum Gasteiger partial charge on any atom is -0.548 e. The number of hydrogen-bond acceptors (Lipinski definition) is 6. The highest BCUT2D eigenvalue weighted by molar-refractivity contribution is 8.26. The zero-order chi connectivity index (χ0) is 17.1. The van der Waals surface area contributed by atoms with Gasteiger partial charge in [-0.05, 0) is 29.7 Å². The van der Waals surface area contributed by atoms with E-state index in [1.165, 1.54) is 0 Å². The van der Waals surface area contributed by atoms with Crippen molar-refractivity contribution in [3.63, 3.8) is 0 Å². The normalized spacial score (nSPS) is 17.9. The number of methoxy groups -OCH3 is 1. The van der Waals surface area contributed by atoms with Crippen LogP contribution in [0.2, 0.25) is 0 Å². The zero-order valence-corrected chi connectivity index (χ0v) is 14.6. The van der Waals surface area contributed by atoms with Crippen LogP contribution in [0, 0.1) is 5.92 Å². The molecule has 0 aliphatic carbocycles. The third-order valence-electron chi connectivity index (χ3n) is 3.37. The maximum Gasteiger partial charge on any atom is 0.266 e. The van der Waals surface area contributed by atoms with Gasteiger partial charge in [-0.1, -0.05) is 50.0 Å². The van der Waals surface area contributed by atoms with Gasteiger partial charge in [0.25, 0.3) is 5.91 Å². The lowest BCUT2D eigenvalue weighted by Gasteiger charge is -2.30. The van der Waals surface area contributed by atoms with E-state index < -0.39 is 17.9 Å². The molecular formula is C16H16NO4S2-. The Morgan fingerprint density at radius 1 is 1.43 bits per heavy atom. The molecule has 0 radical (unpaired) electrons. The van der Waals surface area contributed by atoms with Gasteiger partial charge in [-0.3, -0.25) is 9.69 Å². The molecule has 1 aliphatic rings. The molecule has 2 rings (SSSR count). The molecule has 0 saturated carbocycles. The topological polar surface area (TPSA) is 69.7 Å². The summed E-state index contributed by atoms with van der Waals surface area (Å²) in [4.78, 5) is 25.4. The molecule has 0 spiro atoms. The molecule has 1 aliphatic heterocycles. The van der Waals surface area contributed by atoms with Gasteiger partial charge in [0.05, 0.1) is 24.0 Å². The van der Waals surface area contributed by atoms with Crippen LogP contribution in [0.4, 0.5) is 0 Å². The van der Waals surface area contributed by atoms with Gasteiger partial charge in [-0.15, -0.1) is 0 Å². The number of carboxylic acids is 1. The van der Waals surface area contributed by atoms with E-state index in [4.69, 9.17) is 17.0 Å². The summed E-state index contributed by atoms with van der Waals surface area (Å²) in [7, 11) is 1.56. The van der Waals surface area contributed by atoms with E-state index in [0.717, 1.165) is 22.2 Å². The average molecular weight is 350 g/mol. The van der Waals surface area contributed by atoms with Gasteiger partial charge in [-0.2, -0.15) is 0 Å². The molecular weight excluding hydrogens is 334 g/mol. The van der Waals surface area contributed by atoms with Crippen LogP contribution in [0.15, 0.2) is 29.2 Å². The maximum atomic E-state index is 12.6. The first-order valence-corrected chi connectivity index (χ1v) is 8.19. The molecule has 0 aromatic heterocycles. The van der Waals surface area contributed by atoms with Crippen LogP contribution in [0.5, 0.6) is 5.75 Å². The second kappa shape index (κ2) is 7.14. The highest BCUT2D eigenvalue weighted by atomic mass is 32.2. The number of aliphatic carboxylic acids is 1. The Bertz CT molecular complexity index is 684. The lowest BCUT2D eigenvalue weighted by atomic mass is 10.0. The van der Waals surface area contributed by atoms with Crippen molar-refractivity contribution in [2.75, 3.05) is 7.11 Å². The van der Waals surface area contributed by atoms with Crippen molar-refractivity contribution in [2.45, 2.75) is 19.9 Å². The van der Waals surface area contributed by atoms with E-state index >= 15 is 0 Å². The Morgan fingerprint density at radius 2 is 2.13 bits per heavy atom. The van der Waals surface area contributed by atoms with E-state index in [1.807, 2.05) is 12.1 Å². The molecule has 0 bridgehead atoms. The number of carbonyl (C=O) groups excluding carboxylic acids is 2. The number of nitrogens with zero attached hydrogens (tertiary/aromatic N) is 1. The van der Waals surface area contributed by atoms with Crippen LogP contribution in [-0.4, -0.2) is 34.2 Å². The first-order chi connectivity index (χ1) is 10.8. The predicted molar refractivity (Wildman–Crippen MR) is 91.6 cm³/mol. The minimum atomic E-state index is -1.31. The summed E-state index contributed by atoms with van der Waals surface area (Å²) in [5, 5.41) is 11.4. The molecule has 0 N–H and O–H groups in total. The second-order valence-corrected chi connectivity index (χ2v) is 7.01. The Hall–Kier alpha value is -1.86. The van der Waals surface area contributed by atoms with Gasteiger partial charge in [0.1, 0.15) is 10.1 Å². The molecule has 7 heteroatoms. The van der Waals surface area contributed by atoms with Gasteiger partial charge >= 0.3 is 0 Å². The molecule has 1 amide bonds. The fourth-order valence-electron chi connectivity index (χ4n) is 2.28. The van der Waals surface area contributed by atoms with Crippen molar-refractivity contribution < 1.29 is 19.4 Å². The maximum absolute atomic E-state index is 12.6. The van der Waals surface area contributed by atoms with E-state index in [2.05, 4.69) is 0 Å². The van der Waals surface area contributed by atoms with E-state index in [1.54, 1.807) is 39.2 Å². The first-order valence-electron chi connectivity index (χ1n) is 6.97. The Kier molecular flexibility index (Phi) is 5.43. The van der Waals surface area contributed by atoms with Crippen LogP contribution >= 0.6 is 24.0 Å². The van der Waals surface area contributed by atoms with Crippen LogP contribution in [0.25, 0.3) is 6.08 Å². The third kappa shape index (κ3) is 3.73. The van der Waals surface area contributed by atoms with E-state index in [9.17, 15) is 14.7 Å². The highest BCUT2D eigenvalue weighted by Gasteiger charge is 2.38. The fourth-order valence-corrected chi connectivity index (χ4v) is 3.61. The van der Waals surface area contributed by atoms with Crippen molar-refractivity contribution in [2.24, 2.45) is 5.92 Å². The zero-order valence-electron chi connectivity index (χ0n) is 12.9. The molecule has 1 aromatic rings. The van der Waals surface area contributed by atoms with Crippen LogP contribution in [0.1, 0.15) is 19.4 Å². The third-order valence-corrected chi connectivity index (χ3v) is 4.70. The van der Waals surface area contributed by atoms with Crippen LogP contribution < -0.4 is 9.84 Å². The molecule has 1 saturated heterocycles. The quantitative estimate of drug-likeness (QED) is 0.594. The van der Waals surface area contributed by atoms with Crippen LogP contribution in [-0.2, 0) is 9.59 Å². The second-order valence-electron chi connectivity index (χ2n) is 5.34.